The van der Waals surface area contributed by atoms with E-state index in [1.807, 2.05) is 18.2 Å². The van der Waals surface area contributed by atoms with Crippen molar-refractivity contribution in [2.75, 3.05) is 7.11 Å². The Labute approximate surface area is 133 Å². The fraction of sp³-hybridized carbons (Fsp3) is 0.143. The molecule has 4 nitrogen and oxygen atoms in total. The predicted molar refractivity (Wildman–Crippen MR) is 83.6 cm³/mol. The molecule has 0 saturated heterocycles. The van der Waals surface area contributed by atoms with Gasteiger partial charge in [-0.1, -0.05) is 41.4 Å². The highest BCUT2D eigenvalue weighted by Crippen LogP contribution is 2.33. The van der Waals surface area contributed by atoms with Crippen molar-refractivity contribution < 1.29 is 13.2 Å². The molecule has 2 aromatic carbocycles. The van der Waals surface area contributed by atoms with Crippen molar-refractivity contribution in [3.63, 3.8) is 0 Å². The highest BCUT2D eigenvalue weighted by atomic mass is 35.5. The zero-order chi connectivity index (χ0) is 15.6. The first kappa shape index (κ1) is 16.1. The SMILES string of the molecule is COc1ccccc1Cc1c(Cl)ccc(S(N)(=O)=O)c1Cl. The maximum atomic E-state index is 11.5. The number of nitrogens with two attached hydrogens (primary N) is 1. The lowest BCUT2D eigenvalue weighted by Crippen LogP contribution is -2.13. The highest BCUT2D eigenvalue weighted by Gasteiger charge is 2.19. The first-order valence-corrected chi connectivity index (χ1v) is 8.26. The van der Waals surface area contributed by atoms with Gasteiger partial charge in [-0.15, -0.1) is 0 Å². The standard InChI is InChI=1S/C14H13Cl2NO3S/c1-20-12-5-3-2-4-9(12)8-10-11(15)6-7-13(14(10)16)21(17,18)19/h2-7H,8H2,1H3,(H2,17,18,19). The van der Waals surface area contributed by atoms with Gasteiger partial charge in [-0.2, -0.15) is 0 Å². The lowest BCUT2D eigenvalue weighted by Gasteiger charge is -2.13. The molecular weight excluding hydrogens is 333 g/mol. The highest BCUT2D eigenvalue weighted by molar-refractivity contribution is 7.89. The molecule has 0 heterocycles. The number of para-hydroxylation sites is 1. The molecule has 0 aliphatic carbocycles. The Morgan fingerprint density at radius 2 is 1.81 bits per heavy atom. The molecule has 0 aromatic heterocycles. The number of methoxy groups -OCH3 is 1. The quantitative estimate of drug-likeness (QED) is 0.924. The van der Waals surface area contributed by atoms with Crippen LogP contribution in [0.3, 0.4) is 0 Å². The van der Waals surface area contributed by atoms with Gasteiger partial charge < -0.3 is 4.74 Å². The number of hydrogen-bond donors (Lipinski definition) is 1. The monoisotopic (exact) mass is 345 g/mol. The molecule has 7 heteroatoms. The van der Waals surface area contributed by atoms with Crippen molar-refractivity contribution in [3.05, 3.63) is 57.6 Å². The molecule has 0 amide bonds. The van der Waals surface area contributed by atoms with Crippen LogP contribution < -0.4 is 9.88 Å². The van der Waals surface area contributed by atoms with Gasteiger partial charge in [-0.05, 0) is 29.3 Å². The van der Waals surface area contributed by atoms with Gasteiger partial charge in [0.1, 0.15) is 10.6 Å². The van der Waals surface area contributed by atoms with Crippen molar-refractivity contribution in [2.45, 2.75) is 11.3 Å². The second kappa shape index (κ2) is 6.23. The van der Waals surface area contributed by atoms with Gasteiger partial charge in [-0.25, -0.2) is 13.6 Å². The van der Waals surface area contributed by atoms with E-state index in [-0.39, 0.29) is 9.92 Å². The molecular formula is C14H13Cl2NO3S. The van der Waals surface area contributed by atoms with E-state index in [1.54, 1.807) is 13.2 Å². The van der Waals surface area contributed by atoms with E-state index in [9.17, 15) is 8.42 Å². The first-order chi connectivity index (χ1) is 9.84. The summed E-state index contributed by atoms with van der Waals surface area (Å²) in [5.74, 6) is 0.672. The maximum absolute atomic E-state index is 11.5. The minimum atomic E-state index is -3.90. The summed E-state index contributed by atoms with van der Waals surface area (Å²) in [4.78, 5) is -0.140. The Balaban J connectivity index is 2.54. The average Bonchev–Trinajstić information content (AvgIpc) is 2.42. The third-order valence-electron chi connectivity index (χ3n) is 3.02. The largest absolute Gasteiger partial charge is 0.496 e. The number of benzene rings is 2. The van der Waals surface area contributed by atoms with Gasteiger partial charge in [-0.3, -0.25) is 0 Å². The summed E-state index contributed by atoms with van der Waals surface area (Å²) in [6.07, 6.45) is 0.338. The van der Waals surface area contributed by atoms with E-state index in [4.69, 9.17) is 33.1 Å². The second-order valence-electron chi connectivity index (χ2n) is 4.37. The van der Waals surface area contributed by atoms with E-state index in [0.717, 1.165) is 5.56 Å². The van der Waals surface area contributed by atoms with Crippen LogP contribution in [0.5, 0.6) is 5.75 Å². The summed E-state index contributed by atoms with van der Waals surface area (Å²) >= 11 is 12.3. The Bertz CT molecular complexity index is 776. The van der Waals surface area contributed by atoms with Gasteiger partial charge in [0.2, 0.25) is 10.0 Å². The fourth-order valence-electron chi connectivity index (χ4n) is 2.00. The topological polar surface area (TPSA) is 69.4 Å². The molecule has 0 atom stereocenters. The zero-order valence-corrected chi connectivity index (χ0v) is 13.5. The number of halogens is 2. The Morgan fingerprint density at radius 1 is 1.14 bits per heavy atom. The van der Waals surface area contributed by atoms with Crippen LogP contribution in [-0.2, 0) is 16.4 Å². The Morgan fingerprint density at radius 3 is 2.43 bits per heavy atom. The van der Waals surface area contributed by atoms with Crippen molar-refractivity contribution in [1.82, 2.24) is 0 Å². The number of ether oxygens (including phenoxy) is 1. The molecule has 0 aliphatic heterocycles. The van der Waals surface area contributed by atoms with E-state index in [1.165, 1.54) is 12.1 Å². The third-order valence-corrected chi connectivity index (χ3v) is 4.87. The Kier molecular flexibility index (Phi) is 4.78. The number of hydrogen-bond acceptors (Lipinski definition) is 3. The molecule has 2 aromatic rings. The van der Waals surface area contributed by atoms with E-state index < -0.39 is 10.0 Å². The number of primary sulfonamides is 1. The molecule has 2 rings (SSSR count). The van der Waals surface area contributed by atoms with Crippen LogP contribution in [0.1, 0.15) is 11.1 Å². The van der Waals surface area contributed by atoms with Gasteiger partial charge in [0, 0.05) is 11.4 Å². The van der Waals surface area contributed by atoms with Gasteiger partial charge in [0.05, 0.1) is 12.1 Å². The molecule has 112 valence electrons. The van der Waals surface area contributed by atoms with Crippen LogP contribution in [0, 0.1) is 0 Å². The van der Waals surface area contributed by atoms with E-state index in [0.29, 0.717) is 22.8 Å². The average molecular weight is 346 g/mol. The first-order valence-electron chi connectivity index (χ1n) is 5.96. The normalized spacial score (nSPS) is 11.4. The van der Waals surface area contributed by atoms with Gasteiger partial charge in [0.25, 0.3) is 0 Å². The molecule has 0 aliphatic rings. The summed E-state index contributed by atoms with van der Waals surface area (Å²) in [7, 11) is -2.34. The summed E-state index contributed by atoms with van der Waals surface area (Å²) in [5, 5.41) is 5.56. The Hall–Kier alpha value is -1.27. The predicted octanol–water partition coefficient (Wildman–Crippen LogP) is 3.24. The zero-order valence-electron chi connectivity index (χ0n) is 11.1. The van der Waals surface area contributed by atoms with Crippen LogP contribution in [-0.4, -0.2) is 15.5 Å². The summed E-state index contributed by atoms with van der Waals surface area (Å²) in [5.41, 5.74) is 1.34. The van der Waals surface area contributed by atoms with Crippen LogP contribution in [0.25, 0.3) is 0 Å². The lowest BCUT2D eigenvalue weighted by molar-refractivity contribution is 0.410. The molecule has 0 spiro atoms. The van der Waals surface area contributed by atoms with Crippen LogP contribution in [0.4, 0.5) is 0 Å². The van der Waals surface area contributed by atoms with Crippen molar-refractivity contribution in [3.8, 4) is 5.75 Å². The van der Waals surface area contributed by atoms with Crippen LogP contribution in [0.2, 0.25) is 10.0 Å². The number of rotatable bonds is 4. The second-order valence-corrected chi connectivity index (χ2v) is 6.69. The smallest absolute Gasteiger partial charge is 0.239 e. The summed E-state index contributed by atoms with van der Waals surface area (Å²) in [6.45, 7) is 0. The molecule has 0 bridgehead atoms. The molecule has 2 N–H and O–H groups in total. The van der Waals surface area contributed by atoms with Crippen LogP contribution in [0.15, 0.2) is 41.3 Å². The van der Waals surface area contributed by atoms with Crippen molar-refractivity contribution in [1.29, 1.82) is 0 Å². The minimum absolute atomic E-state index is 0.0379. The van der Waals surface area contributed by atoms with Gasteiger partial charge >= 0.3 is 0 Å². The third kappa shape index (κ3) is 3.49. The van der Waals surface area contributed by atoms with Crippen molar-refractivity contribution in [2.24, 2.45) is 5.14 Å². The minimum Gasteiger partial charge on any atom is -0.496 e. The molecule has 0 fully saturated rings. The van der Waals surface area contributed by atoms with Crippen molar-refractivity contribution >= 4 is 33.2 Å². The lowest BCUT2D eigenvalue weighted by atomic mass is 10.0. The fourth-order valence-corrected chi connectivity index (χ4v) is 3.46. The molecule has 0 saturated carbocycles. The van der Waals surface area contributed by atoms with Crippen LogP contribution >= 0.6 is 23.2 Å². The molecule has 21 heavy (non-hydrogen) atoms. The summed E-state index contributed by atoms with van der Waals surface area (Å²) < 4.78 is 28.3. The van der Waals surface area contributed by atoms with Gasteiger partial charge in [0.15, 0.2) is 0 Å². The van der Waals surface area contributed by atoms with E-state index >= 15 is 0 Å². The molecule has 0 unspecified atom stereocenters. The number of sulfonamides is 1. The van der Waals surface area contributed by atoms with E-state index in [2.05, 4.69) is 0 Å². The molecule has 0 radical (unpaired) electrons. The summed E-state index contributed by atoms with van der Waals surface area (Å²) in [6, 6.07) is 10.1. The maximum Gasteiger partial charge on any atom is 0.239 e.